The number of hydrogen-bond donors (Lipinski definition) is 1. The van der Waals surface area contributed by atoms with E-state index in [1.54, 1.807) is 6.33 Å². The molecule has 0 spiro atoms. The number of hydrogen-bond acceptors (Lipinski definition) is 3. The minimum absolute atomic E-state index is 0.889. The maximum absolute atomic E-state index is 4.39. The summed E-state index contributed by atoms with van der Waals surface area (Å²) in [5.74, 6) is 0.967. The zero-order valence-corrected chi connectivity index (χ0v) is 12.0. The number of allylic oxidation sites excluding steroid dienone is 2. The van der Waals surface area contributed by atoms with Crippen LogP contribution in [0.15, 0.2) is 36.7 Å². The zero-order chi connectivity index (χ0) is 13.9. The molecule has 20 heavy (non-hydrogen) atoms. The van der Waals surface area contributed by atoms with Crippen LogP contribution in [0, 0.1) is 6.92 Å². The topological polar surface area (TPSA) is 37.8 Å². The maximum Gasteiger partial charge on any atom is 0.137 e. The first-order chi connectivity index (χ1) is 9.74. The van der Waals surface area contributed by atoms with Crippen LogP contribution < -0.4 is 5.32 Å². The molecule has 1 N–H and O–H groups in total. The van der Waals surface area contributed by atoms with Crippen LogP contribution in [0.1, 0.15) is 29.3 Å². The Hall–Kier alpha value is -2.16. The molecule has 0 fully saturated rings. The summed E-state index contributed by atoms with van der Waals surface area (Å²) in [7, 11) is 0. The Balaban J connectivity index is 1.68. The first kappa shape index (κ1) is 12.9. The summed E-state index contributed by atoms with van der Waals surface area (Å²) in [6.45, 7) is 5.14. The minimum atomic E-state index is 0.889. The third-order valence-electron chi connectivity index (χ3n) is 3.71. The van der Waals surface area contributed by atoms with E-state index in [2.05, 4.69) is 59.5 Å². The van der Waals surface area contributed by atoms with Crippen molar-refractivity contribution in [2.75, 3.05) is 11.9 Å². The lowest BCUT2D eigenvalue weighted by molar-refractivity contribution is 0.983. The fraction of sp³-hybridized carbons (Fsp3) is 0.294. The second-order valence-corrected chi connectivity index (χ2v) is 5.30. The summed E-state index contributed by atoms with van der Waals surface area (Å²) in [5, 5.41) is 3.45. The van der Waals surface area contributed by atoms with Gasteiger partial charge in [0, 0.05) is 18.5 Å². The van der Waals surface area contributed by atoms with Crippen LogP contribution in [0.3, 0.4) is 0 Å². The molecule has 1 aliphatic carbocycles. The predicted octanol–water partition coefficient (Wildman–Crippen LogP) is 3.40. The second kappa shape index (κ2) is 5.45. The highest BCUT2D eigenvalue weighted by Gasteiger charge is 2.16. The normalized spacial score (nSPS) is 13.0. The molecule has 3 nitrogen and oxygen atoms in total. The van der Waals surface area contributed by atoms with Crippen molar-refractivity contribution >= 4 is 11.4 Å². The molecule has 0 atom stereocenters. The molecule has 0 radical (unpaired) electrons. The second-order valence-electron chi connectivity index (χ2n) is 5.30. The van der Waals surface area contributed by atoms with Crippen molar-refractivity contribution in [3.63, 3.8) is 0 Å². The maximum atomic E-state index is 4.39. The van der Waals surface area contributed by atoms with Gasteiger partial charge in [-0.2, -0.15) is 0 Å². The van der Waals surface area contributed by atoms with Gasteiger partial charge < -0.3 is 5.32 Å². The average Bonchev–Trinajstić information content (AvgIpc) is 2.82. The SMILES string of the molecule is CC1=CCc2ncnc(NCCc3cccc(C)c3)c21. The number of aromatic nitrogens is 2. The van der Waals surface area contributed by atoms with E-state index in [0.717, 1.165) is 30.9 Å². The van der Waals surface area contributed by atoms with Crippen LogP contribution in [0.25, 0.3) is 5.57 Å². The minimum Gasteiger partial charge on any atom is -0.369 e. The number of rotatable bonds is 4. The fourth-order valence-corrected chi connectivity index (χ4v) is 2.67. The van der Waals surface area contributed by atoms with E-state index in [0.29, 0.717) is 0 Å². The fourth-order valence-electron chi connectivity index (χ4n) is 2.67. The quantitative estimate of drug-likeness (QED) is 0.920. The van der Waals surface area contributed by atoms with E-state index in [1.165, 1.54) is 22.3 Å². The lowest BCUT2D eigenvalue weighted by Crippen LogP contribution is -2.09. The average molecular weight is 265 g/mol. The van der Waals surface area contributed by atoms with Crippen LogP contribution in [-0.4, -0.2) is 16.5 Å². The molecule has 1 aliphatic rings. The van der Waals surface area contributed by atoms with Crippen molar-refractivity contribution in [1.29, 1.82) is 0 Å². The molecular formula is C17H19N3. The molecule has 1 aromatic heterocycles. The summed E-state index contributed by atoms with van der Waals surface area (Å²) < 4.78 is 0. The van der Waals surface area contributed by atoms with Gasteiger partial charge in [0.25, 0.3) is 0 Å². The van der Waals surface area contributed by atoms with Gasteiger partial charge in [0.15, 0.2) is 0 Å². The van der Waals surface area contributed by atoms with Crippen molar-refractivity contribution < 1.29 is 0 Å². The lowest BCUT2D eigenvalue weighted by atomic mass is 10.1. The van der Waals surface area contributed by atoms with Gasteiger partial charge in [0.1, 0.15) is 12.1 Å². The molecule has 102 valence electrons. The third kappa shape index (κ3) is 2.57. The first-order valence-electron chi connectivity index (χ1n) is 7.04. The van der Waals surface area contributed by atoms with Gasteiger partial charge in [-0.15, -0.1) is 0 Å². The molecule has 1 aromatic carbocycles. The standard InChI is InChI=1S/C17H19N3/c1-12-4-3-5-14(10-12)8-9-18-17-16-13(2)6-7-15(16)19-11-20-17/h3-6,10-11H,7-9H2,1-2H3,(H,18,19,20). The van der Waals surface area contributed by atoms with Crippen LogP contribution in [-0.2, 0) is 12.8 Å². The van der Waals surface area contributed by atoms with E-state index < -0.39 is 0 Å². The molecule has 0 unspecified atom stereocenters. The molecule has 3 rings (SSSR count). The number of aryl methyl sites for hydroxylation is 1. The Labute approximate surface area is 119 Å². The third-order valence-corrected chi connectivity index (χ3v) is 3.71. The zero-order valence-electron chi connectivity index (χ0n) is 12.0. The van der Waals surface area contributed by atoms with E-state index in [1.807, 2.05) is 0 Å². The Bertz CT molecular complexity index is 659. The van der Waals surface area contributed by atoms with E-state index in [4.69, 9.17) is 0 Å². The summed E-state index contributed by atoms with van der Waals surface area (Å²) in [5.41, 5.74) is 6.27. The van der Waals surface area contributed by atoms with Gasteiger partial charge in [-0.05, 0) is 31.4 Å². The highest BCUT2D eigenvalue weighted by molar-refractivity contribution is 5.77. The van der Waals surface area contributed by atoms with E-state index in [9.17, 15) is 0 Å². The summed E-state index contributed by atoms with van der Waals surface area (Å²) >= 11 is 0. The van der Waals surface area contributed by atoms with Gasteiger partial charge in [-0.1, -0.05) is 35.9 Å². The van der Waals surface area contributed by atoms with Crippen molar-refractivity contribution in [1.82, 2.24) is 9.97 Å². The van der Waals surface area contributed by atoms with Gasteiger partial charge in [-0.3, -0.25) is 0 Å². The van der Waals surface area contributed by atoms with Crippen LogP contribution in [0.4, 0.5) is 5.82 Å². The molecule has 0 amide bonds. The summed E-state index contributed by atoms with van der Waals surface area (Å²) in [6.07, 6.45) is 5.80. The van der Waals surface area contributed by atoms with E-state index >= 15 is 0 Å². The molecule has 2 aromatic rings. The Kier molecular flexibility index (Phi) is 3.50. The number of benzene rings is 1. The predicted molar refractivity (Wildman–Crippen MR) is 82.8 cm³/mol. The Morgan fingerprint density at radius 2 is 2.10 bits per heavy atom. The van der Waals surface area contributed by atoms with Crippen molar-refractivity contribution in [2.45, 2.75) is 26.7 Å². The van der Waals surface area contributed by atoms with Gasteiger partial charge in [0.2, 0.25) is 0 Å². The molecule has 0 saturated heterocycles. The lowest BCUT2D eigenvalue weighted by Gasteiger charge is -2.11. The molecule has 0 aliphatic heterocycles. The van der Waals surface area contributed by atoms with Gasteiger partial charge in [-0.25, -0.2) is 9.97 Å². The van der Waals surface area contributed by atoms with Crippen LogP contribution in [0.5, 0.6) is 0 Å². The number of anilines is 1. The number of fused-ring (bicyclic) bond motifs is 1. The van der Waals surface area contributed by atoms with Crippen molar-refractivity contribution in [3.05, 3.63) is 59.1 Å². The Morgan fingerprint density at radius 3 is 2.95 bits per heavy atom. The molecular weight excluding hydrogens is 246 g/mol. The highest BCUT2D eigenvalue weighted by Crippen LogP contribution is 2.30. The molecule has 0 saturated carbocycles. The molecule has 0 bridgehead atoms. The van der Waals surface area contributed by atoms with Crippen LogP contribution in [0.2, 0.25) is 0 Å². The number of nitrogens with one attached hydrogen (secondary N) is 1. The monoisotopic (exact) mass is 265 g/mol. The van der Waals surface area contributed by atoms with Gasteiger partial charge in [0.05, 0.1) is 5.69 Å². The van der Waals surface area contributed by atoms with Crippen molar-refractivity contribution in [3.8, 4) is 0 Å². The summed E-state index contributed by atoms with van der Waals surface area (Å²) in [6, 6.07) is 8.64. The first-order valence-corrected chi connectivity index (χ1v) is 7.04. The molecule has 1 heterocycles. The smallest absolute Gasteiger partial charge is 0.137 e. The van der Waals surface area contributed by atoms with Crippen molar-refractivity contribution in [2.24, 2.45) is 0 Å². The molecule has 3 heteroatoms. The van der Waals surface area contributed by atoms with Crippen LogP contribution >= 0.6 is 0 Å². The van der Waals surface area contributed by atoms with E-state index in [-0.39, 0.29) is 0 Å². The largest absolute Gasteiger partial charge is 0.369 e. The highest BCUT2D eigenvalue weighted by atomic mass is 15.0. The summed E-state index contributed by atoms with van der Waals surface area (Å²) in [4.78, 5) is 8.73. The Morgan fingerprint density at radius 1 is 1.20 bits per heavy atom. The van der Waals surface area contributed by atoms with Gasteiger partial charge >= 0.3 is 0 Å². The number of nitrogens with zero attached hydrogens (tertiary/aromatic N) is 2.